The van der Waals surface area contributed by atoms with Gasteiger partial charge in [0.05, 0.1) is 23.7 Å². The van der Waals surface area contributed by atoms with Crippen LogP contribution in [0, 0.1) is 0 Å². The van der Waals surface area contributed by atoms with Gasteiger partial charge in [0.15, 0.2) is 0 Å². The molecule has 2 heterocycles. The number of para-hydroxylation sites is 2. The van der Waals surface area contributed by atoms with E-state index >= 15 is 0 Å². The number of rotatable bonds is 3. The van der Waals surface area contributed by atoms with Crippen LogP contribution in [0.15, 0.2) is 24.3 Å². The lowest BCUT2D eigenvalue weighted by Gasteiger charge is -2.32. The second kappa shape index (κ2) is 4.98. The van der Waals surface area contributed by atoms with Gasteiger partial charge in [0.2, 0.25) is 5.95 Å². The Hall–Kier alpha value is -1.55. The lowest BCUT2D eigenvalue weighted by molar-refractivity contribution is 0.0343. The molecule has 0 bridgehead atoms. The van der Waals surface area contributed by atoms with Crippen molar-refractivity contribution < 1.29 is 4.74 Å². The molecule has 0 aliphatic carbocycles. The maximum Gasteiger partial charge on any atom is 0.204 e. The first-order valence-corrected chi connectivity index (χ1v) is 6.68. The maximum atomic E-state index is 5.76. The number of morpholine rings is 1. The fraction of sp³-hybridized carbons (Fsp3) is 0.500. The average molecular weight is 245 g/mol. The maximum absolute atomic E-state index is 5.76. The number of ether oxygens (including phenoxy) is 1. The second-order valence-corrected chi connectivity index (χ2v) is 4.81. The monoisotopic (exact) mass is 245 g/mol. The molecular formula is C14H19N3O. The van der Waals surface area contributed by atoms with E-state index in [1.807, 2.05) is 18.2 Å². The summed E-state index contributed by atoms with van der Waals surface area (Å²) in [5.74, 6) is 0.973. The summed E-state index contributed by atoms with van der Waals surface area (Å²) in [6, 6.07) is 8.16. The minimum absolute atomic E-state index is 0.344. The summed E-state index contributed by atoms with van der Waals surface area (Å²) in [5.41, 5.74) is 2.14. The summed E-state index contributed by atoms with van der Waals surface area (Å²) in [4.78, 5) is 10.3. The van der Waals surface area contributed by atoms with E-state index in [1.54, 1.807) is 0 Å². The molecule has 4 nitrogen and oxygen atoms in total. The highest BCUT2D eigenvalue weighted by Crippen LogP contribution is 2.20. The highest BCUT2D eigenvalue weighted by molar-refractivity contribution is 5.77. The molecule has 1 fully saturated rings. The molecule has 1 aromatic heterocycles. The molecule has 1 atom stereocenters. The smallest absolute Gasteiger partial charge is 0.204 e. The number of fused-ring (bicyclic) bond motifs is 1. The zero-order valence-electron chi connectivity index (χ0n) is 10.7. The van der Waals surface area contributed by atoms with E-state index in [0.29, 0.717) is 6.10 Å². The summed E-state index contributed by atoms with van der Waals surface area (Å²) in [6.45, 7) is 4.85. The summed E-state index contributed by atoms with van der Waals surface area (Å²) in [5, 5.41) is 0. The molecule has 0 radical (unpaired) electrons. The van der Waals surface area contributed by atoms with Gasteiger partial charge in [0.1, 0.15) is 0 Å². The van der Waals surface area contributed by atoms with E-state index in [2.05, 4.69) is 27.9 Å². The number of nitrogens with one attached hydrogen (secondary N) is 1. The summed E-state index contributed by atoms with van der Waals surface area (Å²) < 4.78 is 5.76. The quantitative estimate of drug-likeness (QED) is 0.903. The number of hydrogen-bond acceptors (Lipinski definition) is 3. The van der Waals surface area contributed by atoms with Crippen LogP contribution in [0.2, 0.25) is 0 Å². The molecule has 3 rings (SSSR count). The van der Waals surface area contributed by atoms with Crippen molar-refractivity contribution >= 4 is 17.0 Å². The van der Waals surface area contributed by atoms with Gasteiger partial charge in [-0.15, -0.1) is 0 Å². The zero-order chi connectivity index (χ0) is 12.4. The van der Waals surface area contributed by atoms with Crippen molar-refractivity contribution in [3.8, 4) is 0 Å². The molecule has 2 aromatic rings. The predicted molar refractivity (Wildman–Crippen MR) is 73.0 cm³/mol. The number of hydrogen-bond donors (Lipinski definition) is 1. The van der Waals surface area contributed by atoms with Crippen molar-refractivity contribution in [1.29, 1.82) is 0 Å². The van der Waals surface area contributed by atoms with Crippen molar-refractivity contribution in [1.82, 2.24) is 9.97 Å². The molecule has 96 valence electrons. The van der Waals surface area contributed by atoms with Crippen LogP contribution in [0.3, 0.4) is 0 Å². The SMILES string of the molecule is CCCC1CN(c2nc3ccccc3[nH]2)CCO1. The van der Waals surface area contributed by atoms with Crippen LogP contribution in [0.1, 0.15) is 19.8 Å². The third kappa shape index (κ3) is 2.20. The van der Waals surface area contributed by atoms with Crippen LogP contribution in [0.25, 0.3) is 11.0 Å². The molecule has 1 aliphatic heterocycles. The van der Waals surface area contributed by atoms with Gasteiger partial charge in [0.25, 0.3) is 0 Å². The Balaban J connectivity index is 1.80. The van der Waals surface area contributed by atoms with Crippen LogP contribution >= 0.6 is 0 Å². The van der Waals surface area contributed by atoms with E-state index < -0.39 is 0 Å². The molecule has 1 saturated heterocycles. The van der Waals surface area contributed by atoms with Crippen molar-refractivity contribution in [2.45, 2.75) is 25.9 Å². The first kappa shape index (κ1) is 11.5. The molecule has 1 aromatic carbocycles. The normalized spacial score (nSPS) is 20.5. The Morgan fingerprint density at radius 2 is 2.33 bits per heavy atom. The molecule has 0 amide bonds. The lowest BCUT2D eigenvalue weighted by Crippen LogP contribution is -2.42. The lowest BCUT2D eigenvalue weighted by atomic mass is 10.2. The topological polar surface area (TPSA) is 41.2 Å². The van der Waals surface area contributed by atoms with Gasteiger partial charge in [0, 0.05) is 13.1 Å². The zero-order valence-corrected chi connectivity index (χ0v) is 10.7. The molecule has 1 N–H and O–H groups in total. The van der Waals surface area contributed by atoms with Crippen molar-refractivity contribution in [2.75, 3.05) is 24.6 Å². The average Bonchev–Trinajstić information content (AvgIpc) is 2.83. The summed E-state index contributed by atoms with van der Waals surface area (Å²) in [6.07, 6.45) is 2.63. The summed E-state index contributed by atoms with van der Waals surface area (Å²) >= 11 is 0. The van der Waals surface area contributed by atoms with Gasteiger partial charge >= 0.3 is 0 Å². The number of anilines is 1. The molecular weight excluding hydrogens is 226 g/mol. The molecule has 18 heavy (non-hydrogen) atoms. The van der Waals surface area contributed by atoms with Crippen LogP contribution in [0.4, 0.5) is 5.95 Å². The Morgan fingerprint density at radius 3 is 3.17 bits per heavy atom. The number of nitrogens with zero attached hydrogens (tertiary/aromatic N) is 2. The third-order valence-electron chi connectivity index (χ3n) is 3.43. The second-order valence-electron chi connectivity index (χ2n) is 4.81. The largest absolute Gasteiger partial charge is 0.375 e. The number of H-pyrrole nitrogens is 1. The number of benzene rings is 1. The first-order valence-electron chi connectivity index (χ1n) is 6.68. The molecule has 1 aliphatic rings. The first-order chi connectivity index (χ1) is 8.86. The molecule has 4 heteroatoms. The van der Waals surface area contributed by atoms with Crippen LogP contribution in [0.5, 0.6) is 0 Å². The van der Waals surface area contributed by atoms with Gasteiger partial charge in [-0.2, -0.15) is 0 Å². The number of imidazole rings is 1. The van der Waals surface area contributed by atoms with Gasteiger partial charge in [-0.05, 0) is 18.6 Å². The number of aromatic nitrogens is 2. The molecule has 0 saturated carbocycles. The van der Waals surface area contributed by atoms with E-state index in [9.17, 15) is 0 Å². The van der Waals surface area contributed by atoms with E-state index in [0.717, 1.165) is 43.1 Å². The van der Waals surface area contributed by atoms with Gasteiger partial charge in [-0.25, -0.2) is 4.98 Å². The van der Waals surface area contributed by atoms with Crippen molar-refractivity contribution in [3.05, 3.63) is 24.3 Å². The Morgan fingerprint density at radius 1 is 1.44 bits per heavy atom. The molecule has 0 spiro atoms. The van der Waals surface area contributed by atoms with E-state index in [4.69, 9.17) is 4.74 Å². The van der Waals surface area contributed by atoms with E-state index in [1.165, 1.54) is 6.42 Å². The minimum atomic E-state index is 0.344. The molecule has 1 unspecified atom stereocenters. The van der Waals surface area contributed by atoms with Gasteiger partial charge in [-0.3, -0.25) is 0 Å². The Labute approximate surface area is 107 Å². The van der Waals surface area contributed by atoms with Gasteiger partial charge in [-0.1, -0.05) is 25.5 Å². The highest BCUT2D eigenvalue weighted by Gasteiger charge is 2.21. The fourth-order valence-corrected chi connectivity index (χ4v) is 2.50. The Kier molecular flexibility index (Phi) is 3.19. The standard InChI is InChI=1S/C14H19N3O/c1-2-5-11-10-17(8-9-18-11)14-15-12-6-3-4-7-13(12)16-14/h3-4,6-7,11H,2,5,8-10H2,1H3,(H,15,16). The highest BCUT2D eigenvalue weighted by atomic mass is 16.5. The minimum Gasteiger partial charge on any atom is -0.375 e. The van der Waals surface area contributed by atoms with Crippen molar-refractivity contribution in [3.63, 3.8) is 0 Å². The van der Waals surface area contributed by atoms with Crippen LogP contribution in [-0.2, 0) is 4.74 Å². The summed E-state index contributed by atoms with van der Waals surface area (Å²) in [7, 11) is 0. The van der Waals surface area contributed by atoms with Crippen LogP contribution < -0.4 is 4.90 Å². The van der Waals surface area contributed by atoms with Crippen LogP contribution in [-0.4, -0.2) is 35.8 Å². The Bertz CT molecular complexity index is 487. The number of aromatic amines is 1. The fourth-order valence-electron chi connectivity index (χ4n) is 2.50. The van der Waals surface area contributed by atoms with Gasteiger partial charge < -0.3 is 14.6 Å². The van der Waals surface area contributed by atoms with E-state index in [-0.39, 0.29) is 0 Å². The van der Waals surface area contributed by atoms with Crippen molar-refractivity contribution in [2.24, 2.45) is 0 Å². The predicted octanol–water partition coefficient (Wildman–Crippen LogP) is 2.57. The third-order valence-corrected chi connectivity index (χ3v) is 3.43.